The van der Waals surface area contributed by atoms with Gasteiger partial charge in [0.1, 0.15) is 5.54 Å². The van der Waals surface area contributed by atoms with Gasteiger partial charge in [-0.3, -0.25) is 10.1 Å². The van der Waals surface area contributed by atoms with E-state index in [0.29, 0.717) is 0 Å². The van der Waals surface area contributed by atoms with Crippen molar-refractivity contribution < 1.29 is 9.59 Å². The van der Waals surface area contributed by atoms with E-state index >= 15 is 0 Å². The van der Waals surface area contributed by atoms with Gasteiger partial charge in [-0.25, -0.2) is 4.79 Å². The summed E-state index contributed by atoms with van der Waals surface area (Å²) in [7, 11) is 0. The fraction of sp³-hybridized carbons (Fsp3) is 0.273. The molecule has 0 saturated carbocycles. The zero-order chi connectivity index (χ0) is 11.1. The molecule has 0 bridgehead atoms. The van der Waals surface area contributed by atoms with Crippen molar-refractivity contribution in [3.63, 3.8) is 0 Å². The van der Waals surface area contributed by atoms with Gasteiger partial charge in [0.15, 0.2) is 0 Å². The molecular weight excluding hydrogens is 192 g/mol. The Morgan fingerprint density at radius 1 is 1.13 bits per heavy atom. The SMILES string of the molecule is Cc1ccc([C@@]2(C)NC(=O)NC2=O)cc1. The fourth-order valence-corrected chi connectivity index (χ4v) is 1.63. The summed E-state index contributed by atoms with van der Waals surface area (Å²) in [6, 6.07) is 7.08. The number of rotatable bonds is 1. The molecule has 2 N–H and O–H groups in total. The summed E-state index contributed by atoms with van der Waals surface area (Å²) in [5.41, 5.74) is 0.966. The van der Waals surface area contributed by atoms with Gasteiger partial charge in [0.25, 0.3) is 5.91 Å². The standard InChI is InChI=1S/C11H12N2O2/c1-7-3-5-8(6-4-7)11(2)9(14)12-10(15)13-11/h3-6H,1-2H3,(H2,12,13,14,15)/t11-/m1/s1. The minimum atomic E-state index is -0.940. The molecule has 1 aliphatic heterocycles. The van der Waals surface area contributed by atoms with Gasteiger partial charge in [-0.1, -0.05) is 29.8 Å². The van der Waals surface area contributed by atoms with Crippen LogP contribution in [-0.2, 0) is 10.3 Å². The smallest absolute Gasteiger partial charge is 0.320 e. The molecule has 1 aromatic carbocycles. The molecule has 1 fully saturated rings. The molecule has 1 aliphatic rings. The van der Waals surface area contributed by atoms with E-state index in [0.717, 1.165) is 11.1 Å². The van der Waals surface area contributed by atoms with Gasteiger partial charge in [0.2, 0.25) is 0 Å². The number of benzene rings is 1. The molecule has 4 heteroatoms. The molecule has 3 amide bonds. The van der Waals surface area contributed by atoms with Crippen molar-refractivity contribution in [2.24, 2.45) is 0 Å². The van der Waals surface area contributed by atoms with Crippen molar-refractivity contribution in [1.29, 1.82) is 0 Å². The normalized spacial score (nSPS) is 24.9. The highest BCUT2D eigenvalue weighted by atomic mass is 16.2. The Morgan fingerprint density at radius 3 is 2.20 bits per heavy atom. The molecular formula is C11H12N2O2. The van der Waals surface area contributed by atoms with Gasteiger partial charge >= 0.3 is 6.03 Å². The second-order valence-corrected chi connectivity index (χ2v) is 3.90. The van der Waals surface area contributed by atoms with E-state index in [-0.39, 0.29) is 5.91 Å². The number of nitrogens with one attached hydrogen (secondary N) is 2. The summed E-state index contributed by atoms with van der Waals surface area (Å²) < 4.78 is 0. The Bertz CT molecular complexity index is 425. The minimum Gasteiger partial charge on any atom is -0.320 e. The molecule has 1 aromatic rings. The van der Waals surface area contributed by atoms with Crippen molar-refractivity contribution in [3.05, 3.63) is 35.4 Å². The largest absolute Gasteiger partial charge is 0.322 e. The van der Waals surface area contributed by atoms with Crippen molar-refractivity contribution in [2.45, 2.75) is 19.4 Å². The molecule has 1 heterocycles. The number of urea groups is 1. The molecule has 0 radical (unpaired) electrons. The number of amides is 3. The maximum atomic E-state index is 11.6. The van der Waals surface area contributed by atoms with Crippen LogP contribution in [0.15, 0.2) is 24.3 Å². The van der Waals surface area contributed by atoms with Crippen molar-refractivity contribution in [3.8, 4) is 0 Å². The summed E-state index contributed by atoms with van der Waals surface area (Å²) in [5.74, 6) is -0.309. The number of carbonyl (C=O) groups is 2. The summed E-state index contributed by atoms with van der Waals surface area (Å²) in [5, 5.41) is 4.85. The van der Waals surface area contributed by atoms with Crippen LogP contribution >= 0.6 is 0 Å². The lowest BCUT2D eigenvalue weighted by molar-refractivity contribution is -0.123. The number of hydrogen-bond donors (Lipinski definition) is 2. The van der Waals surface area contributed by atoms with E-state index in [4.69, 9.17) is 0 Å². The average molecular weight is 204 g/mol. The number of carbonyl (C=O) groups excluding carboxylic acids is 2. The van der Waals surface area contributed by atoms with Gasteiger partial charge in [0.05, 0.1) is 0 Å². The Balaban J connectivity index is 2.41. The van der Waals surface area contributed by atoms with Crippen molar-refractivity contribution in [2.75, 3.05) is 0 Å². The van der Waals surface area contributed by atoms with E-state index in [9.17, 15) is 9.59 Å². The molecule has 0 spiro atoms. The predicted octanol–water partition coefficient (Wildman–Crippen LogP) is 1.05. The first-order chi connectivity index (χ1) is 7.02. The minimum absolute atomic E-state index is 0.309. The Hall–Kier alpha value is -1.84. The Kier molecular flexibility index (Phi) is 2.00. The maximum absolute atomic E-state index is 11.6. The summed E-state index contributed by atoms with van der Waals surface area (Å²) in [4.78, 5) is 22.7. The molecule has 0 aliphatic carbocycles. The first kappa shape index (κ1) is 9.71. The lowest BCUT2D eigenvalue weighted by atomic mass is 9.92. The van der Waals surface area contributed by atoms with Gasteiger partial charge in [-0.05, 0) is 19.4 Å². The molecule has 2 rings (SSSR count). The summed E-state index contributed by atoms with van der Waals surface area (Å²) in [6.45, 7) is 3.66. The van der Waals surface area contributed by atoms with Crippen LogP contribution in [0, 0.1) is 6.92 Å². The van der Waals surface area contributed by atoms with E-state index in [1.807, 2.05) is 31.2 Å². The third-order valence-corrected chi connectivity index (χ3v) is 2.67. The molecule has 1 saturated heterocycles. The van der Waals surface area contributed by atoms with E-state index in [1.165, 1.54) is 0 Å². The van der Waals surface area contributed by atoms with E-state index in [2.05, 4.69) is 10.6 Å². The van der Waals surface area contributed by atoms with Gasteiger partial charge < -0.3 is 5.32 Å². The molecule has 1 atom stereocenters. The summed E-state index contributed by atoms with van der Waals surface area (Å²) >= 11 is 0. The second kappa shape index (κ2) is 3.08. The van der Waals surface area contributed by atoms with Gasteiger partial charge in [-0.2, -0.15) is 0 Å². The lowest BCUT2D eigenvalue weighted by Crippen LogP contribution is -2.40. The van der Waals surface area contributed by atoms with E-state index < -0.39 is 11.6 Å². The molecule has 4 nitrogen and oxygen atoms in total. The van der Waals surface area contributed by atoms with Crippen LogP contribution < -0.4 is 10.6 Å². The number of imide groups is 1. The topological polar surface area (TPSA) is 58.2 Å². The molecule has 15 heavy (non-hydrogen) atoms. The monoisotopic (exact) mass is 204 g/mol. The molecule has 0 unspecified atom stereocenters. The predicted molar refractivity (Wildman–Crippen MR) is 55.2 cm³/mol. The van der Waals surface area contributed by atoms with Crippen LogP contribution in [0.4, 0.5) is 4.79 Å². The highest BCUT2D eigenvalue weighted by Crippen LogP contribution is 2.24. The fourth-order valence-electron chi connectivity index (χ4n) is 1.63. The lowest BCUT2D eigenvalue weighted by Gasteiger charge is -2.20. The Morgan fingerprint density at radius 2 is 1.73 bits per heavy atom. The number of aryl methyl sites for hydroxylation is 1. The zero-order valence-corrected chi connectivity index (χ0v) is 8.63. The van der Waals surface area contributed by atoms with Gasteiger partial charge in [0, 0.05) is 0 Å². The Labute approximate surface area is 87.7 Å². The zero-order valence-electron chi connectivity index (χ0n) is 8.63. The first-order valence-electron chi connectivity index (χ1n) is 4.73. The second-order valence-electron chi connectivity index (χ2n) is 3.90. The quantitative estimate of drug-likeness (QED) is 0.672. The van der Waals surface area contributed by atoms with Crippen molar-refractivity contribution in [1.82, 2.24) is 10.6 Å². The average Bonchev–Trinajstić information content (AvgIpc) is 2.42. The number of hydrogen-bond acceptors (Lipinski definition) is 2. The van der Waals surface area contributed by atoms with Crippen LogP contribution in [0.3, 0.4) is 0 Å². The highest BCUT2D eigenvalue weighted by Gasteiger charge is 2.43. The third kappa shape index (κ3) is 1.48. The van der Waals surface area contributed by atoms with Crippen molar-refractivity contribution >= 4 is 11.9 Å². The molecule has 78 valence electrons. The van der Waals surface area contributed by atoms with Crippen LogP contribution in [-0.4, -0.2) is 11.9 Å². The highest BCUT2D eigenvalue weighted by molar-refractivity contribution is 6.07. The first-order valence-corrected chi connectivity index (χ1v) is 4.73. The molecule has 0 aromatic heterocycles. The van der Waals surface area contributed by atoms with Gasteiger partial charge in [-0.15, -0.1) is 0 Å². The van der Waals surface area contributed by atoms with Crippen LogP contribution in [0.25, 0.3) is 0 Å². The third-order valence-electron chi connectivity index (χ3n) is 2.67. The van der Waals surface area contributed by atoms with Crippen LogP contribution in [0.2, 0.25) is 0 Å². The summed E-state index contributed by atoms with van der Waals surface area (Å²) in [6.07, 6.45) is 0. The van der Waals surface area contributed by atoms with Crippen LogP contribution in [0.1, 0.15) is 18.1 Å². The maximum Gasteiger partial charge on any atom is 0.322 e. The van der Waals surface area contributed by atoms with E-state index in [1.54, 1.807) is 6.92 Å². The van der Waals surface area contributed by atoms with Crippen LogP contribution in [0.5, 0.6) is 0 Å².